The van der Waals surface area contributed by atoms with Crippen molar-refractivity contribution in [2.24, 2.45) is 5.92 Å². The Bertz CT molecular complexity index is 745. The Morgan fingerprint density at radius 3 is 2.20 bits per heavy atom. The molecule has 2 atom stereocenters. The number of methoxy groups -OCH3 is 2. The van der Waals surface area contributed by atoms with Crippen LogP contribution in [-0.4, -0.2) is 31.2 Å². The average Bonchev–Trinajstić information content (AvgIpc) is 2.65. The Morgan fingerprint density at radius 1 is 1.00 bits per heavy atom. The minimum atomic E-state index is -0.985. The molecule has 2 aromatic rings. The molecule has 0 fully saturated rings. The lowest BCUT2D eigenvalue weighted by Gasteiger charge is -2.23. The van der Waals surface area contributed by atoms with E-state index in [9.17, 15) is 14.7 Å². The number of benzene rings is 2. The van der Waals surface area contributed by atoms with Crippen molar-refractivity contribution in [3.8, 4) is 11.5 Å². The third-order valence-corrected chi connectivity index (χ3v) is 3.98. The van der Waals surface area contributed by atoms with Crippen LogP contribution < -0.4 is 14.8 Å². The number of hydrogen-bond acceptors (Lipinski definition) is 4. The van der Waals surface area contributed by atoms with E-state index in [1.807, 2.05) is 6.07 Å². The summed E-state index contributed by atoms with van der Waals surface area (Å²) in [5.41, 5.74) is 1.09. The Balaban J connectivity index is 2.29. The van der Waals surface area contributed by atoms with Crippen molar-refractivity contribution in [2.75, 3.05) is 14.2 Å². The van der Waals surface area contributed by atoms with Crippen LogP contribution in [0.1, 0.15) is 28.9 Å². The Morgan fingerprint density at radius 2 is 1.64 bits per heavy atom. The van der Waals surface area contributed by atoms with Crippen LogP contribution in [0.5, 0.6) is 11.5 Å². The van der Waals surface area contributed by atoms with Gasteiger partial charge in [-0.2, -0.15) is 0 Å². The van der Waals surface area contributed by atoms with Gasteiger partial charge in [0.1, 0.15) is 0 Å². The molecule has 0 aliphatic rings. The predicted molar refractivity (Wildman–Crippen MR) is 93.0 cm³/mol. The number of carboxylic acid groups (broad SMARTS) is 1. The standard InChI is InChI=1S/C19H21NO5/c1-12(19(22)23)17(13-7-5-4-6-8-13)20-18(21)14-9-10-15(24-2)16(11-14)25-3/h4-12,17H,1-3H3,(H,20,21)(H,22,23). The van der Waals surface area contributed by atoms with Crippen LogP contribution in [0.4, 0.5) is 0 Å². The van der Waals surface area contributed by atoms with Crippen molar-refractivity contribution in [3.63, 3.8) is 0 Å². The fourth-order valence-corrected chi connectivity index (χ4v) is 2.50. The number of carboxylic acids is 1. The zero-order valence-electron chi connectivity index (χ0n) is 14.4. The summed E-state index contributed by atoms with van der Waals surface area (Å²) in [7, 11) is 3.00. The molecule has 0 heterocycles. The molecule has 25 heavy (non-hydrogen) atoms. The maximum Gasteiger partial charge on any atom is 0.308 e. The summed E-state index contributed by atoms with van der Waals surface area (Å²) in [6.45, 7) is 1.56. The Labute approximate surface area is 146 Å². The summed E-state index contributed by atoms with van der Waals surface area (Å²) in [4.78, 5) is 24.1. The van der Waals surface area contributed by atoms with Crippen LogP contribution in [-0.2, 0) is 4.79 Å². The molecular formula is C19H21NO5. The molecule has 0 aromatic heterocycles. The number of carbonyl (C=O) groups excluding carboxylic acids is 1. The van der Waals surface area contributed by atoms with Gasteiger partial charge in [0.25, 0.3) is 5.91 Å². The summed E-state index contributed by atoms with van der Waals surface area (Å²) in [5, 5.41) is 12.2. The lowest BCUT2D eigenvalue weighted by Crippen LogP contribution is -2.35. The van der Waals surface area contributed by atoms with E-state index >= 15 is 0 Å². The van der Waals surface area contributed by atoms with Gasteiger partial charge in [0, 0.05) is 5.56 Å². The van der Waals surface area contributed by atoms with E-state index in [4.69, 9.17) is 9.47 Å². The first-order valence-corrected chi connectivity index (χ1v) is 7.78. The zero-order valence-corrected chi connectivity index (χ0v) is 14.4. The lowest BCUT2D eigenvalue weighted by molar-refractivity contribution is -0.142. The van der Waals surface area contributed by atoms with E-state index in [1.165, 1.54) is 14.2 Å². The highest BCUT2D eigenvalue weighted by Gasteiger charge is 2.27. The molecule has 2 N–H and O–H groups in total. The summed E-state index contributed by atoms with van der Waals surface area (Å²) in [5.74, 6) is -1.22. The molecule has 132 valence electrons. The summed E-state index contributed by atoms with van der Waals surface area (Å²) < 4.78 is 10.4. The van der Waals surface area contributed by atoms with E-state index in [2.05, 4.69) is 5.32 Å². The molecule has 1 amide bonds. The first-order valence-electron chi connectivity index (χ1n) is 7.78. The minimum absolute atomic E-state index is 0.358. The van der Waals surface area contributed by atoms with E-state index in [-0.39, 0.29) is 5.91 Å². The summed E-state index contributed by atoms with van der Waals surface area (Å²) in [6.07, 6.45) is 0. The van der Waals surface area contributed by atoms with Crippen LogP contribution in [0.15, 0.2) is 48.5 Å². The molecule has 0 bridgehead atoms. The van der Waals surface area contributed by atoms with Crippen LogP contribution >= 0.6 is 0 Å². The van der Waals surface area contributed by atoms with Gasteiger partial charge in [0.15, 0.2) is 11.5 Å². The van der Waals surface area contributed by atoms with Crippen molar-refractivity contribution in [1.82, 2.24) is 5.32 Å². The maximum absolute atomic E-state index is 12.6. The monoisotopic (exact) mass is 343 g/mol. The smallest absolute Gasteiger partial charge is 0.308 e. The van der Waals surface area contributed by atoms with Crippen LogP contribution in [0, 0.1) is 5.92 Å². The molecule has 0 aliphatic heterocycles. The Kier molecular flexibility index (Phi) is 6.00. The maximum atomic E-state index is 12.6. The predicted octanol–water partition coefficient (Wildman–Crippen LogP) is 2.90. The number of carbonyl (C=O) groups is 2. The molecule has 6 heteroatoms. The number of ether oxygens (including phenoxy) is 2. The number of amides is 1. The fraction of sp³-hybridized carbons (Fsp3) is 0.263. The zero-order chi connectivity index (χ0) is 18.4. The van der Waals surface area contributed by atoms with E-state index in [1.54, 1.807) is 49.4 Å². The molecular weight excluding hydrogens is 322 g/mol. The van der Waals surface area contributed by atoms with Gasteiger partial charge in [0.05, 0.1) is 26.2 Å². The topological polar surface area (TPSA) is 84.9 Å². The van der Waals surface area contributed by atoms with Gasteiger partial charge in [-0.15, -0.1) is 0 Å². The van der Waals surface area contributed by atoms with E-state index in [0.717, 1.165) is 5.56 Å². The van der Waals surface area contributed by atoms with Gasteiger partial charge in [-0.1, -0.05) is 30.3 Å². The second-order valence-electron chi connectivity index (χ2n) is 5.56. The normalized spacial score (nSPS) is 12.8. The summed E-state index contributed by atoms with van der Waals surface area (Å²) >= 11 is 0. The molecule has 0 aliphatic carbocycles. The second kappa shape index (κ2) is 8.19. The molecule has 0 radical (unpaired) electrons. The third kappa shape index (κ3) is 4.29. The average molecular weight is 343 g/mol. The largest absolute Gasteiger partial charge is 0.493 e. The van der Waals surface area contributed by atoms with Crippen molar-refractivity contribution < 1.29 is 24.2 Å². The number of hydrogen-bond donors (Lipinski definition) is 2. The highest BCUT2D eigenvalue weighted by molar-refractivity contribution is 5.95. The molecule has 0 saturated heterocycles. The van der Waals surface area contributed by atoms with E-state index in [0.29, 0.717) is 17.1 Å². The highest BCUT2D eigenvalue weighted by atomic mass is 16.5. The van der Waals surface area contributed by atoms with Gasteiger partial charge in [-0.3, -0.25) is 9.59 Å². The number of rotatable bonds is 7. The van der Waals surface area contributed by atoms with Gasteiger partial charge < -0.3 is 19.9 Å². The van der Waals surface area contributed by atoms with Gasteiger partial charge >= 0.3 is 5.97 Å². The lowest BCUT2D eigenvalue weighted by atomic mass is 9.94. The summed E-state index contributed by atoms with van der Waals surface area (Å²) in [6, 6.07) is 13.2. The van der Waals surface area contributed by atoms with E-state index < -0.39 is 17.9 Å². The second-order valence-corrected chi connectivity index (χ2v) is 5.56. The molecule has 2 aromatic carbocycles. The van der Waals surface area contributed by atoms with Crippen molar-refractivity contribution in [2.45, 2.75) is 13.0 Å². The van der Waals surface area contributed by atoms with Crippen molar-refractivity contribution in [1.29, 1.82) is 0 Å². The van der Waals surface area contributed by atoms with Gasteiger partial charge in [-0.05, 0) is 30.7 Å². The molecule has 2 unspecified atom stereocenters. The number of aliphatic carboxylic acids is 1. The third-order valence-electron chi connectivity index (χ3n) is 3.98. The first kappa shape index (κ1) is 18.3. The van der Waals surface area contributed by atoms with Gasteiger partial charge in [0.2, 0.25) is 0 Å². The van der Waals surface area contributed by atoms with Crippen molar-refractivity contribution in [3.05, 3.63) is 59.7 Å². The minimum Gasteiger partial charge on any atom is -0.493 e. The first-order chi connectivity index (χ1) is 12.0. The molecule has 0 saturated carbocycles. The highest BCUT2D eigenvalue weighted by Crippen LogP contribution is 2.28. The van der Waals surface area contributed by atoms with Crippen LogP contribution in [0.3, 0.4) is 0 Å². The van der Waals surface area contributed by atoms with Crippen LogP contribution in [0.25, 0.3) is 0 Å². The quantitative estimate of drug-likeness (QED) is 0.807. The molecule has 0 spiro atoms. The van der Waals surface area contributed by atoms with Crippen LogP contribution in [0.2, 0.25) is 0 Å². The Hall–Kier alpha value is -3.02. The number of nitrogens with one attached hydrogen (secondary N) is 1. The fourth-order valence-electron chi connectivity index (χ4n) is 2.50. The molecule has 2 rings (SSSR count). The molecule has 6 nitrogen and oxygen atoms in total. The van der Waals surface area contributed by atoms with Crippen molar-refractivity contribution >= 4 is 11.9 Å². The van der Waals surface area contributed by atoms with Gasteiger partial charge in [-0.25, -0.2) is 0 Å². The SMILES string of the molecule is COc1ccc(C(=O)NC(c2ccccc2)C(C)C(=O)O)cc1OC.